The summed E-state index contributed by atoms with van der Waals surface area (Å²) in [5.74, 6) is 0.597. The highest BCUT2D eigenvalue weighted by Gasteiger charge is 2.19. The third-order valence-corrected chi connectivity index (χ3v) is 4.78. The first-order valence-corrected chi connectivity index (χ1v) is 7.72. The van der Waals surface area contributed by atoms with Crippen molar-refractivity contribution in [3.63, 3.8) is 0 Å². The highest BCUT2D eigenvalue weighted by Crippen LogP contribution is 2.15. The first-order valence-electron chi connectivity index (χ1n) is 5.74. The molecule has 102 valence electrons. The average molecular weight is 292 g/mol. The van der Waals surface area contributed by atoms with E-state index in [2.05, 4.69) is 0 Å². The molecular formula is C12H18ClNO3S. The van der Waals surface area contributed by atoms with Crippen molar-refractivity contribution in [1.82, 2.24) is 4.31 Å². The number of aliphatic hydroxyl groups excluding tert-OH is 1. The first kappa shape index (κ1) is 15.4. The van der Waals surface area contributed by atoms with Crippen molar-refractivity contribution in [3.8, 4) is 0 Å². The number of hydrogen-bond donors (Lipinski definition) is 1. The van der Waals surface area contributed by atoms with Gasteiger partial charge in [-0.3, -0.25) is 0 Å². The highest BCUT2D eigenvalue weighted by molar-refractivity contribution is 7.89. The lowest BCUT2D eigenvalue weighted by atomic mass is 10.1. The molecule has 0 fully saturated rings. The van der Waals surface area contributed by atoms with Crippen LogP contribution in [0, 0.1) is 0 Å². The molecule has 6 heteroatoms. The number of rotatable bonds is 7. The van der Waals surface area contributed by atoms with E-state index < -0.39 is 10.0 Å². The average Bonchev–Trinajstić information content (AvgIpc) is 2.37. The van der Waals surface area contributed by atoms with Crippen LogP contribution in [0.15, 0.2) is 29.2 Å². The first-order chi connectivity index (χ1) is 8.52. The van der Waals surface area contributed by atoms with Gasteiger partial charge in [-0.1, -0.05) is 12.1 Å². The summed E-state index contributed by atoms with van der Waals surface area (Å²) < 4.78 is 25.2. The maximum absolute atomic E-state index is 12.0. The second-order valence-corrected chi connectivity index (χ2v) is 6.41. The van der Waals surface area contributed by atoms with Gasteiger partial charge in [0.15, 0.2) is 0 Å². The molecule has 1 aromatic rings. The van der Waals surface area contributed by atoms with E-state index in [1.165, 1.54) is 7.05 Å². The van der Waals surface area contributed by atoms with Crippen molar-refractivity contribution in [3.05, 3.63) is 29.8 Å². The molecule has 0 bridgehead atoms. The summed E-state index contributed by atoms with van der Waals surface area (Å²) >= 11 is 5.61. The van der Waals surface area contributed by atoms with Crippen LogP contribution >= 0.6 is 11.6 Å². The Morgan fingerprint density at radius 1 is 1.28 bits per heavy atom. The molecular weight excluding hydrogens is 274 g/mol. The summed E-state index contributed by atoms with van der Waals surface area (Å²) in [7, 11) is -2.04. The normalized spacial score (nSPS) is 12.0. The molecule has 0 radical (unpaired) electrons. The number of aliphatic hydroxyl groups is 1. The fraction of sp³-hybridized carbons (Fsp3) is 0.500. The topological polar surface area (TPSA) is 57.6 Å². The second kappa shape index (κ2) is 7.09. The molecule has 0 aliphatic rings. The molecule has 0 unspecified atom stereocenters. The van der Waals surface area contributed by atoms with Crippen molar-refractivity contribution in [2.45, 2.75) is 17.7 Å². The summed E-state index contributed by atoms with van der Waals surface area (Å²) in [5, 5.41) is 8.77. The smallest absolute Gasteiger partial charge is 0.242 e. The minimum absolute atomic E-state index is 0.0936. The molecule has 1 N–H and O–H groups in total. The van der Waals surface area contributed by atoms with Crippen molar-refractivity contribution in [2.75, 3.05) is 26.1 Å². The fourth-order valence-corrected chi connectivity index (χ4v) is 2.84. The predicted octanol–water partition coefficient (Wildman–Crippen LogP) is 1.47. The third-order valence-electron chi connectivity index (χ3n) is 2.65. The van der Waals surface area contributed by atoms with Gasteiger partial charge in [0, 0.05) is 19.5 Å². The summed E-state index contributed by atoms with van der Waals surface area (Å²) in [6.45, 7) is -0.0974. The Hall–Kier alpha value is -0.620. The van der Waals surface area contributed by atoms with Crippen LogP contribution in [0.4, 0.5) is 0 Å². The lowest BCUT2D eigenvalue weighted by Crippen LogP contribution is -2.29. The van der Waals surface area contributed by atoms with Crippen molar-refractivity contribution in [2.24, 2.45) is 0 Å². The molecule has 1 aromatic carbocycles. The molecule has 0 atom stereocenters. The highest BCUT2D eigenvalue weighted by atomic mass is 35.5. The lowest BCUT2D eigenvalue weighted by molar-refractivity contribution is 0.266. The summed E-state index contributed by atoms with van der Waals surface area (Å²) in [6.07, 6.45) is 1.72. The molecule has 0 saturated carbocycles. The molecule has 0 aromatic heterocycles. The molecule has 1 rings (SSSR count). The van der Waals surface area contributed by atoms with E-state index in [4.69, 9.17) is 16.7 Å². The maximum atomic E-state index is 12.0. The van der Waals surface area contributed by atoms with Crippen molar-refractivity contribution in [1.29, 1.82) is 0 Å². The van der Waals surface area contributed by atoms with Gasteiger partial charge in [0.2, 0.25) is 10.0 Å². The Bertz CT molecular complexity index is 459. The zero-order valence-corrected chi connectivity index (χ0v) is 11.9. The SMILES string of the molecule is CN(CCO)S(=O)(=O)c1ccc(CCCCl)cc1. The van der Waals surface area contributed by atoms with Crippen LogP contribution in [0.5, 0.6) is 0 Å². The van der Waals surface area contributed by atoms with Gasteiger partial charge in [0.05, 0.1) is 11.5 Å². The van der Waals surface area contributed by atoms with E-state index in [1.54, 1.807) is 24.3 Å². The summed E-state index contributed by atoms with van der Waals surface area (Å²) in [6, 6.07) is 6.78. The number of aryl methyl sites for hydroxylation is 1. The van der Waals surface area contributed by atoms with Crippen LogP contribution in [0.1, 0.15) is 12.0 Å². The number of sulfonamides is 1. The molecule has 0 aliphatic carbocycles. The van der Waals surface area contributed by atoms with E-state index in [0.29, 0.717) is 5.88 Å². The quantitative estimate of drug-likeness (QED) is 0.774. The predicted molar refractivity (Wildman–Crippen MR) is 72.4 cm³/mol. The molecule has 0 saturated heterocycles. The number of halogens is 1. The molecule has 0 spiro atoms. The number of alkyl halides is 1. The van der Waals surface area contributed by atoms with Crippen molar-refractivity contribution < 1.29 is 13.5 Å². The fourth-order valence-electron chi connectivity index (χ4n) is 1.54. The van der Waals surface area contributed by atoms with Gasteiger partial charge in [0.1, 0.15) is 0 Å². The zero-order chi connectivity index (χ0) is 13.6. The van der Waals surface area contributed by atoms with E-state index in [1.807, 2.05) is 0 Å². The van der Waals surface area contributed by atoms with E-state index in [-0.39, 0.29) is 18.0 Å². The van der Waals surface area contributed by atoms with Crippen LogP contribution in [0.3, 0.4) is 0 Å². The summed E-state index contributed by atoms with van der Waals surface area (Å²) in [4.78, 5) is 0.244. The molecule has 0 amide bonds. The Morgan fingerprint density at radius 2 is 1.89 bits per heavy atom. The number of likely N-dealkylation sites (N-methyl/N-ethyl adjacent to an activating group) is 1. The molecule has 4 nitrogen and oxygen atoms in total. The third kappa shape index (κ3) is 3.95. The van der Waals surface area contributed by atoms with Gasteiger partial charge in [-0.15, -0.1) is 11.6 Å². The van der Waals surface area contributed by atoms with Gasteiger partial charge >= 0.3 is 0 Å². The number of hydrogen-bond acceptors (Lipinski definition) is 3. The number of benzene rings is 1. The van der Waals surface area contributed by atoms with Gasteiger partial charge in [0.25, 0.3) is 0 Å². The second-order valence-electron chi connectivity index (χ2n) is 3.99. The Morgan fingerprint density at radius 3 is 2.39 bits per heavy atom. The van der Waals surface area contributed by atoms with Crippen LogP contribution in [-0.2, 0) is 16.4 Å². The van der Waals surface area contributed by atoms with Gasteiger partial charge in [-0.05, 0) is 30.5 Å². The Kier molecular flexibility index (Phi) is 6.08. The monoisotopic (exact) mass is 291 g/mol. The minimum Gasteiger partial charge on any atom is -0.395 e. The standard InChI is InChI=1S/C12H18ClNO3S/c1-14(9-10-15)18(16,17)12-6-4-11(5-7-12)3-2-8-13/h4-7,15H,2-3,8-10H2,1H3. The van der Waals surface area contributed by atoms with Crippen LogP contribution in [0.2, 0.25) is 0 Å². The summed E-state index contributed by atoms with van der Waals surface area (Å²) in [5.41, 5.74) is 1.07. The maximum Gasteiger partial charge on any atom is 0.242 e. The number of nitrogens with zero attached hydrogens (tertiary/aromatic N) is 1. The minimum atomic E-state index is -3.49. The van der Waals surface area contributed by atoms with E-state index >= 15 is 0 Å². The van der Waals surface area contributed by atoms with Gasteiger partial charge in [-0.2, -0.15) is 4.31 Å². The van der Waals surface area contributed by atoms with Crippen molar-refractivity contribution >= 4 is 21.6 Å². The van der Waals surface area contributed by atoms with Gasteiger partial charge < -0.3 is 5.11 Å². The van der Waals surface area contributed by atoms with Gasteiger partial charge in [-0.25, -0.2) is 8.42 Å². The van der Waals surface area contributed by atoms with E-state index in [9.17, 15) is 8.42 Å². The van der Waals surface area contributed by atoms with Crippen LogP contribution in [0.25, 0.3) is 0 Å². The van der Waals surface area contributed by atoms with Crippen LogP contribution < -0.4 is 0 Å². The lowest BCUT2D eigenvalue weighted by Gasteiger charge is -2.15. The Balaban J connectivity index is 2.84. The Labute approximate surface area is 113 Å². The molecule has 0 heterocycles. The molecule has 18 heavy (non-hydrogen) atoms. The van der Waals surface area contributed by atoms with E-state index in [0.717, 1.165) is 22.7 Å². The largest absolute Gasteiger partial charge is 0.395 e. The zero-order valence-electron chi connectivity index (χ0n) is 10.3. The van der Waals surface area contributed by atoms with Crippen LogP contribution in [-0.4, -0.2) is 43.9 Å². The molecule has 0 aliphatic heterocycles.